The van der Waals surface area contributed by atoms with Crippen molar-refractivity contribution >= 4 is 21.6 Å². The topological polar surface area (TPSA) is 88.6 Å². The molecule has 10 heteroatoms. The van der Waals surface area contributed by atoms with E-state index in [-0.39, 0.29) is 29.8 Å². The summed E-state index contributed by atoms with van der Waals surface area (Å²) in [4.78, 5) is 16.3. The maximum Gasteiger partial charge on any atom is 0.243 e. The van der Waals surface area contributed by atoms with Crippen LogP contribution in [-0.2, 0) is 14.8 Å². The molecular weight excluding hydrogens is 452 g/mol. The number of nitrogens with zero attached hydrogens (tertiary/aromatic N) is 2. The number of hydrogen-bond acceptors (Lipinski definition) is 5. The molecule has 1 aliphatic rings. The van der Waals surface area contributed by atoms with Crippen LogP contribution in [0.5, 0.6) is 11.5 Å². The number of hydrogen-bond donors (Lipinski definition) is 1. The molecule has 0 atom stereocenters. The van der Waals surface area contributed by atoms with Crippen molar-refractivity contribution in [2.75, 3.05) is 18.4 Å². The number of benzene rings is 2. The summed E-state index contributed by atoms with van der Waals surface area (Å²) in [6.45, 7) is 0.219. The highest BCUT2D eigenvalue weighted by molar-refractivity contribution is 7.89. The Bertz CT molecular complexity index is 1230. The standard InChI is InChI=1S/C23H21F2N3O4S/c24-21-6-5-20(15-22(21)25)33(30,31)28-13-9-16(10-14-28)23(29)27-17-1-3-18(4-2-17)32-19-7-11-26-12-8-19/h1-8,11-12,15-16H,9-10,13-14H2,(H,27,29). The fraction of sp³-hybridized carbons (Fsp3) is 0.217. The fourth-order valence-electron chi connectivity index (χ4n) is 3.54. The zero-order valence-corrected chi connectivity index (χ0v) is 18.3. The van der Waals surface area contributed by atoms with Gasteiger partial charge in [-0.1, -0.05) is 0 Å². The van der Waals surface area contributed by atoms with Crippen molar-refractivity contribution in [3.05, 3.63) is 78.6 Å². The number of nitrogens with one attached hydrogen (secondary N) is 1. The third kappa shape index (κ3) is 5.35. The normalized spacial score (nSPS) is 15.2. The second-order valence-corrected chi connectivity index (χ2v) is 9.49. The van der Waals surface area contributed by atoms with Crippen molar-refractivity contribution in [2.24, 2.45) is 5.92 Å². The molecule has 33 heavy (non-hydrogen) atoms. The van der Waals surface area contributed by atoms with E-state index in [1.54, 1.807) is 48.8 Å². The Morgan fingerprint density at radius 2 is 1.58 bits per heavy atom. The first-order valence-corrected chi connectivity index (χ1v) is 11.7. The van der Waals surface area contributed by atoms with E-state index < -0.39 is 21.7 Å². The minimum Gasteiger partial charge on any atom is -0.457 e. The van der Waals surface area contributed by atoms with E-state index in [1.807, 2.05) is 0 Å². The third-order valence-electron chi connectivity index (χ3n) is 5.36. The third-order valence-corrected chi connectivity index (χ3v) is 7.26. The molecule has 2 heterocycles. The molecule has 0 aliphatic carbocycles. The molecule has 0 saturated carbocycles. The van der Waals surface area contributed by atoms with E-state index in [9.17, 15) is 22.0 Å². The molecule has 7 nitrogen and oxygen atoms in total. The molecule has 2 aromatic carbocycles. The molecule has 0 radical (unpaired) electrons. The first kappa shape index (κ1) is 22.8. The lowest BCUT2D eigenvalue weighted by molar-refractivity contribution is -0.120. The highest BCUT2D eigenvalue weighted by atomic mass is 32.2. The van der Waals surface area contributed by atoms with Crippen LogP contribution in [0.4, 0.5) is 14.5 Å². The van der Waals surface area contributed by atoms with Crippen LogP contribution < -0.4 is 10.1 Å². The van der Waals surface area contributed by atoms with Gasteiger partial charge in [-0.25, -0.2) is 17.2 Å². The first-order valence-electron chi connectivity index (χ1n) is 10.3. The maximum absolute atomic E-state index is 13.5. The number of rotatable bonds is 6. The largest absolute Gasteiger partial charge is 0.457 e. The van der Waals surface area contributed by atoms with Gasteiger partial charge in [0.05, 0.1) is 4.90 Å². The fourth-order valence-corrected chi connectivity index (χ4v) is 5.02. The Morgan fingerprint density at radius 1 is 0.939 bits per heavy atom. The van der Waals surface area contributed by atoms with Crippen LogP contribution in [-0.4, -0.2) is 36.7 Å². The van der Waals surface area contributed by atoms with E-state index in [2.05, 4.69) is 10.3 Å². The van der Waals surface area contributed by atoms with Crippen LogP contribution in [0.25, 0.3) is 0 Å². The van der Waals surface area contributed by atoms with Gasteiger partial charge in [0, 0.05) is 37.1 Å². The van der Waals surface area contributed by atoms with Crippen LogP contribution in [0.3, 0.4) is 0 Å². The van der Waals surface area contributed by atoms with Gasteiger partial charge in [0.15, 0.2) is 11.6 Å². The predicted octanol–water partition coefficient (Wildman–Crippen LogP) is 4.19. The van der Waals surface area contributed by atoms with E-state index in [1.165, 1.54) is 4.31 Å². The Labute approximate surface area is 190 Å². The average molecular weight is 474 g/mol. The second-order valence-electron chi connectivity index (χ2n) is 7.55. The van der Waals surface area contributed by atoms with Crippen LogP contribution >= 0.6 is 0 Å². The van der Waals surface area contributed by atoms with E-state index in [0.717, 1.165) is 12.1 Å². The number of carbonyl (C=O) groups is 1. The monoisotopic (exact) mass is 473 g/mol. The molecule has 1 amide bonds. The number of carbonyl (C=O) groups excluding carboxylic acids is 1. The lowest BCUT2D eigenvalue weighted by atomic mass is 9.97. The average Bonchev–Trinajstić information content (AvgIpc) is 2.83. The Balaban J connectivity index is 1.32. The molecule has 0 bridgehead atoms. The van der Waals surface area contributed by atoms with Gasteiger partial charge in [-0.05, 0) is 67.4 Å². The van der Waals surface area contributed by atoms with Gasteiger partial charge in [0.25, 0.3) is 0 Å². The van der Waals surface area contributed by atoms with Crippen molar-refractivity contribution in [3.63, 3.8) is 0 Å². The Kier molecular flexibility index (Phi) is 6.66. The van der Waals surface area contributed by atoms with E-state index in [0.29, 0.717) is 36.1 Å². The SMILES string of the molecule is O=C(Nc1ccc(Oc2ccncc2)cc1)C1CCN(S(=O)(=O)c2ccc(F)c(F)c2)CC1. The van der Waals surface area contributed by atoms with Crippen LogP contribution in [0.1, 0.15) is 12.8 Å². The highest BCUT2D eigenvalue weighted by Crippen LogP contribution is 2.27. The zero-order valence-electron chi connectivity index (χ0n) is 17.4. The van der Waals surface area contributed by atoms with Crippen molar-refractivity contribution in [1.29, 1.82) is 0 Å². The maximum atomic E-state index is 13.5. The van der Waals surface area contributed by atoms with Crippen LogP contribution in [0.2, 0.25) is 0 Å². The number of sulfonamides is 1. The van der Waals surface area contributed by atoms with Gasteiger partial charge in [-0.3, -0.25) is 9.78 Å². The summed E-state index contributed by atoms with van der Waals surface area (Å²) in [5.41, 5.74) is 0.596. The molecule has 1 aromatic heterocycles. The zero-order chi connectivity index (χ0) is 23.4. The molecule has 3 aromatic rings. The van der Waals surface area contributed by atoms with E-state index >= 15 is 0 Å². The number of halogens is 2. The summed E-state index contributed by atoms with van der Waals surface area (Å²) >= 11 is 0. The summed E-state index contributed by atoms with van der Waals surface area (Å²) in [7, 11) is -3.96. The number of piperidine rings is 1. The summed E-state index contributed by atoms with van der Waals surface area (Å²) in [6.07, 6.45) is 3.88. The number of anilines is 1. The van der Waals surface area contributed by atoms with Crippen molar-refractivity contribution in [1.82, 2.24) is 9.29 Å². The van der Waals surface area contributed by atoms with Crippen molar-refractivity contribution < 1.29 is 26.7 Å². The molecule has 1 aliphatic heterocycles. The van der Waals surface area contributed by atoms with Crippen molar-refractivity contribution in [3.8, 4) is 11.5 Å². The van der Waals surface area contributed by atoms with Gasteiger partial charge in [0.1, 0.15) is 11.5 Å². The smallest absolute Gasteiger partial charge is 0.243 e. The molecule has 0 spiro atoms. The molecule has 172 valence electrons. The van der Waals surface area contributed by atoms with Gasteiger partial charge in [-0.15, -0.1) is 0 Å². The van der Waals surface area contributed by atoms with Gasteiger partial charge < -0.3 is 10.1 Å². The molecule has 0 unspecified atom stereocenters. The number of amides is 1. The lowest BCUT2D eigenvalue weighted by Gasteiger charge is -2.30. The highest BCUT2D eigenvalue weighted by Gasteiger charge is 2.32. The first-order chi connectivity index (χ1) is 15.8. The molecule has 1 N–H and O–H groups in total. The summed E-state index contributed by atoms with van der Waals surface area (Å²) in [5.74, 6) is -1.65. The Morgan fingerprint density at radius 3 is 2.21 bits per heavy atom. The quantitative estimate of drug-likeness (QED) is 0.580. The number of aromatic nitrogens is 1. The van der Waals surface area contributed by atoms with Gasteiger partial charge >= 0.3 is 0 Å². The lowest BCUT2D eigenvalue weighted by Crippen LogP contribution is -2.41. The molecule has 1 fully saturated rings. The second kappa shape index (κ2) is 9.63. The molecule has 4 rings (SSSR count). The summed E-state index contributed by atoms with van der Waals surface area (Å²) < 4.78 is 58.9. The minimum absolute atomic E-state index is 0.109. The predicted molar refractivity (Wildman–Crippen MR) is 117 cm³/mol. The minimum atomic E-state index is -3.96. The van der Waals surface area contributed by atoms with Crippen LogP contribution in [0.15, 0.2) is 71.9 Å². The number of ether oxygens (including phenoxy) is 1. The Hall–Kier alpha value is -3.37. The van der Waals surface area contributed by atoms with Crippen molar-refractivity contribution in [2.45, 2.75) is 17.7 Å². The van der Waals surface area contributed by atoms with Gasteiger partial charge in [0.2, 0.25) is 15.9 Å². The molecular formula is C23H21F2N3O4S. The van der Waals surface area contributed by atoms with Crippen LogP contribution in [0, 0.1) is 17.6 Å². The molecule has 1 saturated heterocycles. The number of pyridine rings is 1. The van der Waals surface area contributed by atoms with Gasteiger partial charge in [-0.2, -0.15) is 4.31 Å². The summed E-state index contributed by atoms with van der Waals surface area (Å²) in [6, 6.07) is 12.9. The summed E-state index contributed by atoms with van der Waals surface area (Å²) in [5, 5.41) is 2.84. The van der Waals surface area contributed by atoms with E-state index in [4.69, 9.17) is 4.74 Å².